The van der Waals surface area contributed by atoms with E-state index >= 15 is 0 Å². The summed E-state index contributed by atoms with van der Waals surface area (Å²) < 4.78 is 13.3. The van der Waals surface area contributed by atoms with Gasteiger partial charge in [-0.25, -0.2) is 4.39 Å². The first kappa shape index (κ1) is 12.6. The molecule has 0 bridgehead atoms. The molecule has 0 amide bonds. The van der Waals surface area contributed by atoms with Crippen LogP contribution in [0.3, 0.4) is 0 Å². The van der Waals surface area contributed by atoms with Gasteiger partial charge < -0.3 is 4.90 Å². The molecule has 0 saturated heterocycles. The van der Waals surface area contributed by atoms with Gasteiger partial charge in [0.2, 0.25) is 0 Å². The lowest BCUT2D eigenvalue weighted by Crippen LogP contribution is -2.22. The number of aryl methyl sites for hydroxylation is 1. The molecule has 0 N–H and O–H groups in total. The lowest BCUT2D eigenvalue weighted by Gasteiger charge is -2.30. The lowest BCUT2D eigenvalue weighted by atomic mass is 9.99. The first-order chi connectivity index (χ1) is 8.67. The SMILES string of the molecule is C=C1C=CC=C(c2ccc(F)cc2CC)N1CC. The van der Waals surface area contributed by atoms with Gasteiger partial charge in [0.05, 0.1) is 0 Å². The summed E-state index contributed by atoms with van der Waals surface area (Å²) in [5.41, 5.74) is 4.19. The molecule has 1 aliphatic heterocycles. The van der Waals surface area contributed by atoms with Crippen LogP contribution in [-0.2, 0) is 6.42 Å². The highest BCUT2D eigenvalue weighted by Crippen LogP contribution is 2.29. The summed E-state index contributed by atoms with van der Waals surface area (Å²) in [6.07, 6.45) is 6.86. The molecule has 94 valence electrons. The van der Waals surface area contributed by atoms with E-state index in [0.717, 1.165) is 35.5 Å². The molecule has 18 heavy (non-hydrogen) atoms. The topological polar surface area (TPSA) is 3.24 Å². The van der Waals surface area contributed by atoms with Crippen LogP contribution in [-0.4, -0.2) is 11.4 Å². The average molecular weight is 243 g/mol. The molecule has 1 heterocycles. The molecule has 1 nitrogen and oxygen atoms in total. The van der Waals surface area contributed by atoms with E-state index in [9.17, 15) is 4.39 Å². The molecule has 0 aliphatic carbocycles. The molecule has 2 rings (SSSR count). The lowest BCUT2D eigenvalue weighted by molar-refractivity contribution is 0.529. The number of benzene rings is 1. The second-order valence-electron chi connectivity index (χ2n) is 4.30. The zero-order chi connectivity index (χ0) is 13.1. The molecule has 0 radical (unpaired) electrons. The van der Waals surface area contributed by atoms with Crippen LogP contribution >= 0.6 is 0 Å². The summed E-state index contributed by atoms with van der Waals surface area (Å²) >= 11 is 0. The maximum atomic E-state index is 13.3. The predicted octanol–water partition coefficient (Wildman–Crippen LogP) is 4.13. The van der Waals surface area contributed by atoms with Crippen LogP contribution in [0.2, 0.25) is 0 Å². The largest absolute Gasteiger partial charge is 0.342 e. The molecule has 0 unspecified atom stereocenters. The minimum atomic E-state index is -0.176. The van der Waals surface area contributed by atoms with E-state index in [2.05, 4.69) is 24.5 Å². The third-order valence-corrected chi connectivity index (χ3v) is 3.22. The Labute approximate surface area is 108 Å². The van der Waals surface area contributed by atoms with Crippen molar-refractivity contribution >= 4 is 5.70 Å². The van der Waals surface area contributed by atoms with Crippen molar-refractivity contribution in [1.29, 1.82) is 0 Å². The van der Waals surface area contributed by atoms with Gasteiger partial charge in [0.1, 0.15) is 5.82 Å². The van der Waals surface area contributed by atoms with Crippen molar-refractivity contribution in [3.05, 3.63) is 65.6 Å². The Hall–Kier alpha value is -1.83. The number of nitrogens with zero attached hydrogens (tertiary/aromatic N) is 1. The van der Waals surface area contributed by atoms with Crippen molar-refractivity contribution < 1.29 is 4.39 Å². The normalized spacial score (nSPS) is 14.9. The first-order valence-electron chi connectivity index (χ1n) is 6.31. The Morgan fingerprint density at radius 2 is 2.06 bits per heavy atom. The first-order valence-corrected chi connectivity index (χ1v) is 6.31. The molecule has 0 atom stereocenters. The molecule has 0 saturated carbocycles. The summed E-state index contributed by atoms with van der Waals surface area (Å²) in [6, 6.07) is 4.99. The van der Waals surface area contributed by atoms with E-state index < -0.39 is 0 Å². The molecule has 0 aromatic heterocycles. The Bertz CT molecular complexity index is 526. The standard InChI is InChI=1S/C16H18FN/c1-4-13-11-14(17)9-10-15(13)16-8-6-7-12(3)18(16)5-2/h6-11H,3-5H2,1-2H3. The molecule has 0 fully saturated rings. The molecule has 1 aliphatic rings. The van der Waals surface area contributed by atoms with Crippen molar-refractivity contribution in [1.82, 2.24) is 4.90 Å². The summed E-state index contributed by atoms with van der Waals surface area (Å²) in [5.74, 6) is -0.176. The van der Waals surface area contributed by atoms with E-state index in [4.69, 9.17) is 0 Å². The maximum Gasteiger partial charge on any atom is 0.123 e. The summed E-state index contributed by atoms with van der Waals surface area (Å²) in [6.45, 7) is 9.03. The Kier molecular flexibility index (Phi) is 3.66. The van der Waals surface area contributed by atoms with Crippen molar-refractivity contribution in [3.8, 4) is 0 Å². The number of likely N-dealkylation sites (N-methyl/N-ethyl adjacent to an activating group) is 1. The highest BCUT2D eigenvalue weighted by atomic mass is 19.1. The molecule has 1 aromatic carbocycles. The van der Waals surface area contributed by atoms with E-state index in [1.165, 1.54) is 6.07 Å². The Morgan fingerprint density at radius 1 is 1.28 bits per heavy atom. The van der Waals surface area contributed by atoms with Gasteiger partial charge in [-0.2, -0.15) is 0 Å². The summed E-state index contributed by atoms with van der Waals surface area (Å²) in [4.78, 5) is 2.15. The van der Waals surface area contributed by atoms with Crippen LogP contribution in [0.15, 0.2) is 48.7 Å². The Balaban J connectivity index is 2.50. The van der Waals surface area contributed by atoms with Gasteiger partial charge in [-0.15, -0.1) is 0 Å². The monoisotopic (exact) mass is 243 g/mol. The summed E-state index contributed by atoms with van der Waals surface area (Å²) in [7, 11) is 0. The molecular formula is C16H18FN. The van der Waals surface area contributed by atoms with Crippen molar-refractivity contribution in [2.45, 2.75) is 20.3 Å². The maximum absolute atomic E-state index is 13.3. The third kappa shape index (κ3) is 2.23. The Morgan fingerprint density at radius 3 is 2.72 bits per heavy atom. The van der Waals surface area contributed by atoms with Crippen LogP contribution in [0, 0.1) is 5.82 Å². The molecule has 2 heteroatoms. The summed E-state index contributed by atoms with van der Waals surface area (Å²) in [5, 5.41) is 0. The van der Waals surface area contributed by atoms with Crippen molar-refractivity contribution in [2.24, 2.45) is 0 Å². The van der Waals surface area contributed by atoms with Gasteiger partial charge in [0.15, 0.2) is 0 Å². The zero-order valence-corrected chi connectivity index (χ0v) is 10.9. The number of rotatable bonds is 3. The van der Waals surface area contributed by atoms with Gasteiger partial charge in [0.25, 0.3) is 0 Å². The van der Waals surface area contributed by atoms with E-state index in [1.807, 2.05) is 25.1 Å². The second kappa shape index (κ2) is 5.21. The highest BCUT2D eigenvalue weighted by molar-refractivity contribution is 5.71. The van der Waals surface area contributed by atoms with Gasteiger partial charge >= 0.3 is 0 Å². The minimum absolute atomic E-state index is 0.176. The average Bonchev–Trinajstić information content (AvgIpc) is 2.38. The number of hydrogen-bond acceptors (Lipinski definition) is 1. The number of halogens is 1. The van der Waals surface area contributed by atoms with Gasteiger partial charge in [-0.05, 0) is 49.3 Å². The van der Waals surface area contributed by atoms with Crippen LogP contribution in [0.5, 0.6) is 0 Å². The van der Waals surface area contributed by atoms with E-state index in [-0.39, 0.29) is 5.82 Å². The van der Waals surface area contributed by atoms with Gasteiger partial charge in [-0.3, -0.25) is 0 Å². The van der Waals surface area contributed by atoms with E-state index in [1.54, 1.807) is 6.07 Å². The fourth-order valence-electron chi connectivity index (χ4n) is 2.30. The zero-order valence-electron chi connectivity index (χ0n) is 10.9. The van der Waals surface area contributed by atoms with Crippen LogP contribution in [0.1, 0.15) is 25.0 Å². The van der Waals surface area contributed by atoms with Gasteiger partial charge in [0, 0.05) is 23.5 Å². The van der Waals surface area contributed by atoms with E-state index in [0.29, 0.717) is 0 Å². The van der Waals surface area contributed by atoms with Crippen LogP contribution in [0.4, 0.5) is 4.39 Å². The second-order valence-corrected chi connectivity index (χ2v) is 4.30. The molecule has 1 aromatic rings. The highest BCUT2D eigenvalue weighted by Gasteiger charge is 2.16. The number of hydrogen-bond donors (Lipinski definition) is 0. The van der Waals surface area contributed by atoms with Crippen LogP contribution < -0.4 is 0 Å². The van der Waals surface area contributed by atoms with Crippen molar-refractivity contribution in [2.75, 3.05) is 6.54 Å². The predicted molar refractivity (Wildman–Crippen MR) is 74.4 cm³/mol. The fraction of sp³-hybridized carbons (Fsp3) is 0.250. The van der Waals surface area contributed by atoms with Gasteiger partial charge in [-0.1, -0.05) is 19.6 Å². The molecular weight excluding hydrogens is 225 g/mol. The number of allylic oxidation sites excluding steroid dienone is 3. The fourth-order valence-corrected chi connectivity index (χ4v) is 2.30. The minimum Gasteiger partial charge on any atom is -0.342 e. The van der Waals surface area contributed by atoms with Crippen molar-refractivity contribution in [3.63, 3.8) is 0 Å². The quantitative estimate of drug-likeness (QED) is 0.771. The molecule has 0 spiro atoms. The third-order valence-electron chi connectivity index (χ3n) is 3.22. The van der Waals surface area contributed by atoms with Crippen LogP contribution in [0.25, 0.3) is 5.70 Å². The smallest absolute Gasteiger partial charge is 0.123 e.